The average molecular weight is 274 g/mol. The minimum atomic E-state index is 0.532. The molecule has 1 aromatic carbocycles. The zero-order chi connectivity index (χ0) is 14.4. The molecule has 0 spiro atoms. The smallest absolute Gasteiger partial charge is 0.0472 e. The monoisotopic (exact) mass is 274 g/mol. The van der Waals surface area contributed by atoms with Crippen molar-refractivity contribution in [2.75, 3.05) is 26.2 Å². The molecule has 1 N–H and O–H groups in total. The molecule has 1 atom stereocenters. The van der Waals surface area contributed by atoms with Gasteiger partial charge in [0.1, 0.15) is 0 Å². The van der Waals surface area contributed by atoms with Crippen molar-refractivity contribution in [3.8, 4) is 0 Å². The standard InChI is InChI=1S/C18H30N2/c1-4-19-14-18(17-8-6-5-7-9-17)20-12-10-16(11-13-20)15(2)3/h5-9,15-16,18-19H,4,10-14H2,1-3H3. The van der Waals surface area contributed by atoms with Gasteiger partial charge in [0.2, 0.25) is 0 Å². The van der Waals surface area contributed by atoms with E-state index < -0.39 is 0 Å². The molecule has 0 saturated carbocycles. The van der Waals surface area contributed by atoms with E-state index in [9.17, 15) is 0 Å². The molecule has 20 heavy (non-hydrogen) atoms. The number of hydrogen-bond donors (Lipinski definition) is 1. The minimum absolute atomic E-state index is 0.532. The van der Waals surface area contributed by atoms with Crippen molar-refractivity contribution < 1.29 is 0 Å². The Kier molecular flexibility index (Phi) is 6.06. The highest BCUT2D eigenvalue weighted by Crippen LogP contribution is 2.29. The number of likely N-dealkylation sites (N-methyl/N-ethyl adjacent to an activating group) is 1. The second kappa shape index (κ2) is 7.80. The number of piperidine rings is 1. The number of nitrogens with one attached hydrogen (secondary N) is 1. The zero-order valence-corrected chi connectivity index (χ0v) is 13.3. The first-order valence-electron chi connectivity index (χ1n) is 8.22. The molecule has 1 fully saturated rings. The Bertz CT molecular complexity index is 366. The van der Waals surface area contributed by atoms with Crippen LogP contribution in [-0.4, -0.2) is 31.1 Å². The van der Waals surface area contributed by atoms with Crippen LogP contribution < -0.4 is 5.32 Å². The maximum Gasteiger partial charge on any atom is 0.0472 e. The Morgan fingerprint density at radius 1 is 1.15 bits per heavy atom. The summed E-state index contributed by atoms with van der Waals surface area (Å²) in [4.78, 5) is 2.68. The van der Waals surface area contributed by atoms with Crippen molar-refractivity contribution >= 4 is 0 Å². The SMILES string of the molecule is CCNCC(c1ccccc1)N1CCC(C(C)C)CC1. The summed E-state index contributed by atoms with van der Waals surface area (Å²) in [6.45, 7) is 11.5. The Morgan fingerprint density at radius 2 is 1.80 bits per heavy atom. The molecule has 0 amide bonds. The van der Waals surface area contributed by atoms with E-state index in [2.05, 4.69) is 61.3 Å². The highest BCUT2D eigenvalue weighted by Gasteiger charge is 2.26. The van der Waals surface area contributed by atoms with Crippen molar-refractivity contribution in [1.29, 1.82) is 0 Å². The van der Waals surface area contributed by atoms with Gasteiger partial charge < -0.3 is 5.32 Å². The fourth-order valence-electron chi connectivity index (χ4n) is 3.31. The molecule has 0 aliphatic carbocycles. The topological polar surface area (TPSA) is 15.3 Å². The summed E-state index contributed by atoms with van der Waals surface area (Å²) in [6.07, 6.45) is 2.71. The molecular weight excluding hydrogens is 244 g/mol. The van der Waals surface area contributed by atoms with Crippen LogP contribution in [-0.2, 0) is 0 Å². The highest BCUT2D eigenvalue weighted by atomic mass is 15.2. The van der Waals surface area contributed by atoms with Gasteiger partial charge in [-0.15, -0.1) is 0 Å². The predicted molar refractivity (Wildman–Crippen MR) is 86.9 cm³/mol. The molecule has 1 heterocycles. The van der Waals surface area contributed by atoms with Crippen molar-refractivity contribution in [3.05, 3.63) is 35.9 Å². The normalized spacial score (nSPS) is 19.4. The number of benzene rings is 1. The van der Waals surface area contributed by atoms with Gasteiger partial charge >= 0.3 is 0 Å². The van der Waals surface area contributed by atoms with Gasteiger partial charge in [0.25, 0.3) is 0 Å². The largest absolute Gasteiger partial charge is 0.315 e. The highest BCUT2D eigenvalue weighted by molar-refractivity contribution is 5.19. The van der Waals surface area contributed by atoms with E-state index in [1.165, 1.54) is 31.5 Å². The first-order valence-corrected chi connectivity index (χ1v) is 8.22. The number of rotatable bonds is 6. The van der Waals surface area contributed by atoms with Crippen molar-refractivity contribution in [3.63, 3.8) is 0 Å². The van der Waals surface area contributed by atoms with Gasteiger partial charge in [-0.05, 0) is 49.9 Å². The summed E-state index contributed by atoms with van der Waals surface area (Å²) in [5.41, 5.74) is 1.46. The molecule has 1 saturated heterocycles. The maximum atomic E-state index is 3.54. The van der Waals surface area contributed by atoms with Crippen LogP contribution in [0.1, 0.15) is 45.2 Å². The first kappa shape index (κ1) is 15.5. The molecular formula is C18H30N2. The quantitative estimate of drug-likeness (QED) is 0.851. The molecule has 0 aromatic heterocycles. The maximum absolute atomic E-state index is 3.54. The van der Waals surface area contributed by atoms with E-state index in [1.807, 2.05) is 0 Å². The Morgan fingerprint density at radius 3 is 2.35 bits per heavy atom. The second-order valence-corrected chi connectivity index (χ2v) is 6.35. The lowest BCUT2D eigenvalue weighted by Crippen LogP contribution is -2.41. The minimum Gasteiger partial charge on any atom is -0.315 e. The van der Waals surface area contributed by atoms with Gasteiger partial charge in [-0.1, -0.05) is 51.1 Å². The summed E-state index contributed by atoms with van der Waals surface area (Å²) >= 11 is 0. The van der Waals surface area contributed by atoms with Crippen LogP contribution in [0.5, 0.6) is 0 Å². The zero-order valence-electron chi connectivity index (χ0n) is 13.3. The van der Waals surface area contributed by atoms with E-state index in [0.29, 0.717) is 6.04 Å². The van der Waals surface area contributed by atoms with E-state index >= 15 is 0 Å². The first-order chi connectivity index (χ1) is 9.72. The number of nitrogens with zero attached hydrogens (tertiary/aromatic N) is 1. The van der Waals surface area contributed by atoms with Crippen molar-refractivity contribution in [2.45, 2.75) is 39.7 Å². The van der Waals surface area contributed by atoms with E-state index in [4.69, 9.17) is 0 Å². The van der Waals surface area contributed by atoms with Crippen LogP contribution in [0.2, 0.25) is 0 Å². The van der Waals surface area contributed by atoms with Gasteiger partial charge in [0.05, 0.1) is 0 Å². The summed E-state index contributed by atoms with van der Waals surface area (Å²) in [7, 11) is 0. The molecule has 1 aliphatic heterocycles. The Balaban J connectivity index is 2.01. The third-order valence-electron chi connectivity index (χ3n) is 4.73. The molecule has 1 aromatic rings. The average Bonchev–Trinajstić information content (AvgIpc) is 2.49. The summed E-state index contributed by atoms with van der Waals surface area (Å²) in [6, 6.07) is 11.5. The number of hydrogen-bond acceptors (Lipinski definition) is 2. The van der Waals surface area contributed by atoms with E-state index in [0.717, 1.165) is 24.9 Å². The van der Waals surface area contributed by atoms with Crippen LogP contribution in [0.3, 0.4) is 0 Å². The molecule has 112 valence electrons. The third-order valence-corrected chi connectivity index (χ3v) is 4.73. The molecule has 1 aliphatic rings. The lowest BCUT2D eigenvalue weighted by Gasteiger charge is -2.39. The molecule has 2 rings (SSSR count). The molecule has 2 heteroatoms. The van der Waals surface area contributed by atoms with Gasteiger partial charge in [-0.25, -0.2) is 0 Å². The van der Waals surface area contributed by atoms with Crippen LogP contribution >= 0.6 is 0 Å². The van der Waals surface area contributed by atoms with Crippen molar-refractivity contribution in [1.82, 2.24) is 10.2 Å². The van der Waals surface area contributed by atoms with Crippen LogP contribution in [0, 0.1) is 11.8 Å². The van der Waals surface area contributed by atoms with Crippen LogP contribution in [0.4, 0.5) is 0 Å². The molecule has 0 radical (unpaired) electrons. The molecule has 0 bridgehead atoms. The third kappa shape index (κ3) is 4.07. The second-order valence-electron chi connectivity index (χ2n) is 6.35. The summed E-state index contributed by atoms with van der Waals surface area (Å²) in [5.74, 6) is 1.75. The van der Waals surface area contributed by atoms with E-state index in [-0.39, 0.29) is 0 Å². The van der Waals surface area contributed by atoms with Crippen LogP contribution in [0.25, 0.3) is 0 Å². The fraction of sp³-hybridized carbons (Fsp3) is 0.667. The fourth-order valence-corrected chi connectivity index (χ4v) is 3.31. The Labute approximate surface area is 124 Å². The van der Waals surface area contributed by atoms with Gasteiger partial charge in [-0.3, -0.25) is 4.90 Å². The van der Waals surface area contributed by atoms with Gasteiger partial charge in [-0.2, -0.15) is 0 Å². The molecule has 2 nitrogen and oxygen atoms in total. The number of likely N-dealkylation sites (tertiary alicyclic amines) is 1. The Hall–Kier alpha value is -0.860. The van der Waals surface area contributed by atoms with Crippen LogP contribution in [0.15, 0.2) is 30.3 Å². The summed E-state index contributed by atoms with van der Waals surface area (Å²) in [5, 5.41) is 3.54. The lowest BCUT2D eigenvalue weighted by atomic mass is 9.86. The predicted octanol–water partition coefficient (Wildman–Crippen LogP) is 3.71. The lowest BCUT2D eigenvalue weighted by molar-refractivity contribution is 0.113. The summed E-state index contributed by atoms with van der Waals surface area (Å²) < 4.78 is 0. The van der Waals surface area contributed by atoms with E-state index in [1.54, 1.807) is 0 Å². The van der Waals surface area contributed by atoms with Gasteiger partial charge in [0, 0.05) is 12.6 Å². The van der Waals surface area contributed by atoms with Crippen molar-refractivity contribution in [2.24, 2.45) is 11.8 Å². The molecule has 1 unspecified atom stereocenters. The van der Waals surface area contributed by atoms with Gasteiger partial charge in [0.15, 0.2) is 0 Å².